The van der Waals surface area contributed by atoms with Crippen molar-refractivity contribution in [1.29, 1.82) is 0 Å². The van der Waals surface area contributed by atoms with Crippen molar-refractivity contribution in [3.63, 3.8) is 0 Å². The van der Waals surface area contributed by atoms with Crippen LogP contribution in [-0.2, 0) is 0 Å². The largest absolute Gasteiger partial charge is 0.304 e. The van der Waals surface area contributed by atoms with E-state index in [-0.39, 0.29) is 0 Å². The van der Waals surface area contributed by atoms with Gasteiger partial charge < -0.3 is 9.80 Å². The highest BCUT2D eigenvalue weighted by Crippen LogP contribution is 2.43. The van der Waals surface area contributed by atoms with Gasteiger partial charge in [0.2, 0.25) is 0 Å². The minimum absolute atomic E-state index is 0.528. The van der Waals surface area contributed by atoms with Gasteiger partial charge in [-0.3, -0.25) is 0 Å². The summed E-state index contributed by atoms with van der Waals surface area (Å²) in [6.07, 6.45) is 5.56. The number of piperidine rings is 1. The molecule has 2 saturated heterocycles. The van der Waals surface area contributed by atoms with E-state index in [1.165, 1.54) is 65.0 Å². The molecule has 2 heteroatoms. The van der Waals surface area contributed by atoms with Crippen LogP contribution >= 0.6 is 0 Å². The van der Waals surface area contributed by atoms with Crippen molar-refractivity contribution >= 4 is 0 Å². The maximum atomic E-state index is 2.74. The lowest BCUT2D eigenvalue weighted by molar-refractivity contribution is -0.0654. The number of hydrogen-bond donors (Lipinski definition) is 0. The Bertz CT molecular complexity index is 297. The molecular formula is C18H36N2. The van der Waals surface area contributed by atoms with Crippen molar-refractivity contribution < 1.29 is 0 Å². The molecule has 2 nitrogen and oxygen atoms in total. The molecule has 0 saturated carbocycles. The Balaban J connectivity index is 1.78. The van der Waals surface area contributed by atoms with Crippen LogP contribution in [-0.4, -0.2) is 49.1 Å². The summed E-state index contributed by atoms with van der Waals surface area (Å²) in [7, 11) is 0. The molecule has 1 unspecified atom stereocenters. The molecule has 0 N–H and O–H groups in total. The average molecular weight is 280 g/mol. The molecule has 0 aliphatic carbocycles. The Morgan fingerprint density at radius 3 is 2.10 bits per heavy atom. The van der Waals surface area contributed by atoms with Gasteiger partial charge in [0.1, 0.15) is 0 Å². The van der Waals surface area contributed by atoms with E-state index in [4.69, 9.17) is 0 Å². The fraction of sp³-hybridized carbons (Fsp3) is 1.00. The summed E-state index contributed by atoms with van der Waals surface area (Å²) in [6.45, 7) is 19.9. The molecule has 2 rings (SSSR count). The minimum Gasteiger partial charge on any atom is -0.304 e. The zero-order valence-corrected chi connectivity index (χ0v) is 14.5. The summed E-state index contributed by atoms with van der Waals surface area (Å²) < 4.78 is 0. The summed E-state index contributed by atoms with van der Waals surface area (Å²) in [5, 5.41) is 0. The maximum Gasteiger partial charge on any atom is 0.00517 e. The molecule has 0 bridgehead atoms. The second-order valence-electron chi connectivity index (χ2n) is 8.34. The van der Waals surface area contributed by atoms with Crippen LogP contribution in [0.4, 0.5) is 0 Å². The standard InChI is InChI=1S/C18H36N2/c1-6-17(5,12-16(3)4)13-20-14-18(15-20)8-10-19(7-2)11-9-18/h16H,6-15H2,1-5H3. The fourth-order valence-corrected chi connectivity index (χ4v) is 4.52. The molecule has 2 aliphatic rings. The summed E-state index contributed by atoms with van der Waals surface area (Å²) in [6, 6.07) is 0. The molecule has 0 aromatic carbocycles. The quantitative estimate of drug-likeness (QED) is 0.729. The van der Waals surface area contributed by atoms with Crippen molar-refractivity contribution in [2.24, 2.45) is 16.7 Å². The van der Waals surface area contributed by atoms with Gasteiger partial charge in [0.05, 0.1) is 0 Å². The smallest absolute Gasteiger partial charge is 0.00517 e. The van der Waals surface area contributed by atoms with Crippen molar-refractivity contribution in [3.05, 3.63) is 0 Å². The Kier molecular flexibility index (Phi) is 5.18. The lowest BCUT2D eigenvalue weighted by atomic mass is 9.70. The van der Waals surface area contributed by atoms with Gasteiger partial charge in [0.25, 0.3) is 0 Å². The number of likely N-dealkylation sites (tertiary alicyclic amines) is 2. The van der Waals surface area contributed by atoms with Gasteiger partial charge in [-0.05, 0) is 62.1 Å². The van der Waals surface area contributed by atoms with Crippen LogP contribution in [0.5, 0.6) is 0 Å². The van der Waals surface area contributed by atoms with E-state index in [0.29, 0.717) is 10.8 Å². The van der Waals surface area contributed by atoms with Gasteiger partial charge in [-0.2, -0.15) is 0 Å². The highest BCUT2D eigenvalue weighted by Gasteiger charge is 2.45. The summed E-state index contributed by atoms with van der Waals surface area (Å²) in [5.41, 5.74) is 1.22. The van der Waals surface area contributed by atoms with Crippen LogP contribution in [0.2, 0.25) is 0 Å². The second kappa shape index (κ2) is 6.36. The number of rotatable bonds is 6. The molecule has 0 aromatic rings. The van der Waals surface area contributed by atoms with Gasteiger partial charge in [-0.1, -0.05) is 34.6 Å². The first-order chi connectivity index (χ1) is 9.40. The van der Waals surface area contributed by atoms with Crippen LogP contribution in [0.25, 0.3) is 0 Å². The fourth-order valence-electron chi connectivity index (χ4n) is 4.52. The third-order valence-corrected chi connectivity index (χ3v) is 5.84. The zero-order chi connectivity index (χ0) is 14.8. The molecule has 0 aromatic heterocycles. The Hall–Kier alpha value is -0.0800. The molecule has 1 spiro atoms. The Morgan fingerprint density at radius 1 is 1.05 bits per heavy atom. The van der Waals surface area contributed by atoms with E-state index in [2.05, 4.69) is 44.4 Å². The van der Waals surface area contributed by atoms with Crippen LogP contribution in [0, 0.1) is 16.7 Å². The second-order valence-corrected chi connectivity index (χ2v) is 8.34. The van der Waals surface area contributed by atoms with Crippen LogP contribution in [0.15, 0.2) is 0 Å². The molecule has 118 valence electrons. The van der Waals surface area contributed by atoms with Gasteiger partial charge >= 0.3 is 0 Å². The Morgan fingerprint density at radius 2 is 1.65 bits per heavy atom. The van der Waals surface area contributed by atoms with Crippen molar-refractivity contribution in [3.8, 4) is 0 Å². The highest BCUT2D eigenvalue weighted by molar-refractivity contribution is 4.99. The zero-order valence-electron chi connectivity index (χ0n) is 14.5. The van der Waals surface area contributed by atoms with E-state index in [9.17, 15) is 0 Å². The first-order valence-electron chi connectivity index (χ1n) is 8.85. The van der Waals surface area contributed by atoms with Gasteiger partial charge in [-0.25, -0.2) is 0 Å². The third kappa shape index (κ3) is 3.76. The average Bonchev–Trinajstić information content (AvgIpc) is 2.37. The molecule has 0 amide bonds. The van der Waals surface area contributed by atoms with Crippen LogP contribution in [0.3, 0.4) is 0 Å². The SMILES string of the molecule is CCN1CCC2(CC1)CN(CC(C)(CC)CC(C)C)C2. The van der Waals surface area contributed by atoms with E-state index >= 15 is 0 Å². The van der Waals surface area contributed by atoms with Gasteiger partial charge in [0.15, 0.2) is 0 Å². The number of hydrogen-bond acceptors (Lipinski definition) is 2. The van der Waals surface area contributed by atoms with E-state index < -0.39 is 0 Å². The third-order valence-electron chi connectivity index (χ3n) is 5.84. The van der Waals surface area contributed by atoms with Crippen LogP contribution < -0.4 is 0 Å². The lowest BCUT2D eigenvalue weighted by Gasteiger charge is -2.56. The van der Waals surface area contributed by atoms with Crippen molar-refractivity contribution in [2.75, 3.05) is 39.3 Å². The molecule has 20 heavy (non-hydrogen) atoms. The molecule has 2 aliphatic heterocycles. The summed E-state index contributed by atoms with van der Waals surface area (Å²) >= 11 is 0. The highest BCUT2D eigenvalue weighted by atomic mass is 15.2. The molecular weight excluding hydrogens is 244 g/mol. The van der Waals surface area contributed by atoms with Crippen molar-refractivity contribution in [1.82, 2.24) is 9.80 Å². The lowest BCUT2D eigenvalue weighted by Crippen LogP contribution is -2.61. The van der Waals surface area contributed by atoms with Crippen LogP contribution in [0.1, 0.15) is 60.3 Å². The molecule has 2 heterocycles. The minimum atomic E-state index is 0.528. The first-order valence-corrected chi connectivity index (χ1v) is 8.85. The topological polar surface area (TPSA) is 6.48 Å². The van der Waals surface area contributed by atoms with Gasteiger partial charge in [0, 0.05) is 19.6 Å². The Labute approximate surface area is 126 Å². The first kappa shape index (κ1) is 16.3. The predicted molar refractivity (Wildman–Crippen MR) is 88.1 cm³/mol. The normalized spacial score (nSPS) is 26.7. The van der Waals surface area contributed by atoms with E-state index in [1.54, 1.807) is 0 Å². The van der Waals surface area contributed by atoms with E-state index in [0.717, 1.165) is 5.92 Å². The maximum absolute atomic E-state index is 2.74. The monoisotopic (exact) mass is 280 g/mol. The molecule has 1 atom stereocenters. The van der Waals surface area contributed by atoms with E-state index in [1.807, 2.05) is 0 Å². The molecule has 0 radical (unpaired) electrons. The van der Waals surface area contributed by atoms with Gasteiger partial charge in [-0.15, -0.1) is 0 Å². The predicted octanol–water partition coefficient (Wildman–Crippen LogP) is 3.87. The summed E-state index contributed by atoms with van der Waals surface area (Å²) in [4.78, 5) is 5.36. The summed E-state index contributed by atoms with van der Waals surface area (Å²) in [5.74, 6) is 0.822. The molecule has 2 fully saturated rings. The van der Waals surface area contributed by atoms with Crippen molar-refractivity contribution in [2.45, 2.75) is 60.3 Å². The number of nitrogens with zero attached hydrogens (tertiary/aromatic N) is 2.